The van der Waals surface area contributed by atoms with Crippen molar-refractivity contribution in [1.82, 2.24) is 0 Å². The monoisotopic (exact) mass is 111 g/mol. The Bertz CT molecular complexity index is 126. The van der Waals surface area contributed by atoms with Crippen molar-refractivity contribution < 1.29 is 5.02 Å². The normalized spacial score (nSPS) is 8.71. The largest absolute Gasteiger partial charge is 0.449 e. The van der Waals surface area contributed by atoms with Crippen molar-refractivity contribution in [1.29, 1.82) is 0 Å². The third kappa shape index (κ3) is 1.04. The molecule has 0 aromatic carbocycles. The van der Waals surface area contributed by atoms with E-state index in [0.717, 1.165) is 12.3 Å². The van der Waals surface area contributed by atoms with Crippen LogP contribution in [0.25, 0.3) is 0 Å². The third-order valence-electron chi connectivity index (χ3n) is 0.670. The van der Waals surface area contributed by atoms with Gasteiger partial charge in [-0.15, -0.1) is 0 Å². The number of hydrogen-bond donors (Lipinski definition) is 1. The summed E-state index contributed by atoms with van der Waals surface area (Å²) in [6.45, 7) is 0. The second kappa shape index (κ2) is 2.14. The lowest BCUT2D eigenvalue weighted by Crippen LogP contribution is -2.05. The first kappa shape index (κ1) is 4.87. The van der Waals surface area contributed by atoms with Crippen molar-refractivity contribution in [3.05, 3.63) is 17.5 Å². The quantitative estimate of drug-likeness (QED) is 0.505. The number of thiophene rings is 1. The van der Waals surface area contributed by atoms with E-state index in [-0.39, 0.29) is 0 Å². The van der Waals surface area contributed by atoms with Gasteiger partial charge in [0.1, 0.15) is 0 Å². The van der Waals surface area contributed by atoms with Gasteiger partial charge in [0, 0.05) is 0 Å². The van der Waals surface area contributed by atoms with Crippen LogP contribution < -0.4 is 4.78 Å². The highest BCUT2D eigenvalue weighted by Gasteiger charge is 1.88. The zero-order chi connectivity index (χ0) is 5.11. The molecule has 1 rings (SSSR count). The fourth-order valence-electron chi connectivity index (χ4n) is 0.365. The van der Waals surface area contributed by atoms with E-state index in [9.17, 15) is 0 Å². The van der Waals surface area contributed by atoms with Crippen molar-refractivity contribution in [2.75, 3.05) is 0 Å². The lowest BCUT2D eigenvalue weighted by Gasteiger charge is -1.74. The second-order valence-electron chi connectivity index (χ2n) is 1.14. The van der Waals surface area contributed by atoms with Crippen molar-refractivity contribution >= 4 is 23.6 Å². The van der Waals surface area contributed by atoms with Crippen LogP contribution in [0.1, 0.15) is 0 Å². The molecule has 0 saturated heterocycles. The molecule has 0 unspecified atom stereocenters. The molecule has 0 fully saturated rings. The molecule has 1 radical (unpaired) electrons. The van der Waals surface area contributed by atoms with E-state index >= 15 is 0 Å². The average molecular weight is 111 g/mol. The van der Waals surface area contributed by atoms with Gasteiger partial charge in [-0.25, -0.2) is 0 Å². The van der Waals surface area contributed by atoms with E-state index in [2.05, 4.69) is 0 Å². The molecule has 0 amide bonds. The molecule has 1 heterocycles. The summed E-state index contributed by atoms with van der Waals surface area (Å²) >= 11 is 1.52. The highest BCUT2D eigenvalue weighted by molar-refractivity contribution is 7.19. The molecule has 0 atom stereocenters. The Balaban J connectivity index is 2.76. The summed E-state index contributed by atoms with van der Waals surface area (Å²) in [6, 6.07) is 3.75. The molecule has 3 heteroatoms. The van der Waals surface area contributed by atoms with Gasteiger partial charge in [0.25, 0.3) is 0 Å². The van der Waals surface area contributed by atoms with E-state index < -0.39 is 0 Å². The van der Waals surface area contributed by atoms with E-state index in [1.807, 2.05) is 17.5 Å². The Labute approximate surface area is 46.9 Å². The van der Waals surface area contributed by atoms with Gasteiger partial charge in [0.05, 0.1) is 0 Å². The molecule has 1 N–H and O–H groups in total. The highest BCUT2D eigenvalue weighted by Crippen LogP contribution is 1.89. The van der Waals surface area contributed by atoms with E-state index in [0.29, 0.717) is 0 Å². The van der Waals surface area contributed by atoms with Crippen LogP contribution in [-0.2, 0) is 0 Å². The summed E-state index contributed by atoms with van der Waals surface area (Å²) in [7, 11) is 1.10. The van der Waals surface area contributed by atoms with Crippen LogP contribution in [-0.4, -0.2) is 12.5 Å². The molecule has 7 heavy (non-hydrogen) atoms. The van der Waals surface area contributed by atoms with Crippen molar-refractivity contribution in [3.63, 3.8) is 0 Å². The molecule has 1 aromatic heterocycles. The predicted octanol–water partition coefficient (Wildman–Crippen LogP) is -0.0151. The second-order valence-corrected chi connectivity index (χ2v) is 2.12. The molecule has 0 saturated carbocycles. The molecular formula is C4H4BOS. The summed E-state index contributed by atoms with van der Waals surface area (Å²) in [5, 5.41) is 10.2. The maximum Gasteiger partial charge on any atom is 0.337 e. The van der Waals surface area contributed by atoms with E-state index in [4.69, 9.17) is 5.02 Å². The standard InChI is InChI=1S/C4H4BOS/c6-5-4-2-1-3-7-4/h1-3,6H. The zero-order valence-corrected chi connectivity index (χ0v) is 4.48. The minimum absolute atomic E-state index is 0.903. The Morgan fingerprint density at radius 2 is 2.57 bits per heavy atom. The first-order valence-corrected chi connectivity index (χ1v) is 2.82. The number of hydrogen-bond acceptors (Lipinski definition) is 2. The summed E-state index contributed by atoms with van der Waals surface area (Å²) in [5.41, 5.74) is 0. The Morgan fingerprint density at radius 3 is 2.86 bits per heavy atom. The van der Waals surface area contributed by atoms with E-state index in [1.165, 1.54) is 11.3 Å². The smallest absolute Gasteiger partial charge is 0.337 e. The molecule has 0 aliphatic carbocycles. The topological polar surface area (TPSA) is 20.2 Å². The lowest BCUT2D eigenvalue weighted by molar-refractivity contribution is 0.616. The van der Waals surface area contributed by atoms with Crippen LogP contribution in [0.15, 0.2) is 17.5 Å². The molecule has 0 aliphatic heterocycles. The minimum atomic E-state index is 0.903. The van der Waals surface area contributed by atoms with Crippen LogP contribution in [0.4, 0.5) is 0 Å². The zero-order valence-electron chi connectivity index (χ0n) is 3.66. The SMILES string of the molecule is O[B]c1cccs1. The minimum Gasteiger partial charge on any atom is -0.449 e. The van der Waals surface area contributed by atoms with Gasteiger partial charge < -0.3 is 5.02 Å². The molecule has 1 aromatic rings. The fourth-order valence-corrected chi connectivity index (χ4v) is 0.897. The third-order valence-corrected chi connectivity index (χ3v) is 1.48. The van der Waals surface area contributed by atoms with Crippen LogP contribution in [0.2, 0.25) is 0 Å². The molecule has 35 valence electrons. The summed E-state index contributed by atoms with van der Waals surface area (Å²) in [6.07, 6.45) is 0. The van der Waals surface area contributed by atoms with Crippen molar-refractivity contribution in [2.24, 2.45) is 0 Å². The summed E-state index contributed by atoms with van der Waals surface area (Å²) in [4.78, 5) is 0. The van der Waals surface area contributed by atoms with Gasteiger partial charge in [-0.05, 0) is 10.2 Å². The molecule has 0 bridgehead atoms. The van der Waals surface area contributed by atoms with Crippen molar-refractivity contribution in [2.45, 2.75) is 0 Å². The van der Waals surface area contributed by atoms with Crippen molar-refractivity contribution in [3.8, 4) is 0 Å². The Kier molecular flexibility index (Phi) is 1.49. The van der Waals surface area contributed by atoms with Gasteiger partial charge in [-0.1, -0.05) is 12.1 Å². The molecule has 1 nitrogen and oxygen atoms in total. The van der Waals surface area contributed by atoms with Gasteiger partial charge in [-0.3, -0.25) is 0 Å². The molecule has 0 aliphatic rings. The van der Waals surface area contributed by atoms with Crippen LogP contribution in [0.3, 0.4) is 0 Å². The summed E-state index contributed by atoms with van der Waals surface area (Å²) < 4.78 is 0.903. The Morgan fingerprint density at radius 1 is 1.71 bits per heavy atom. The first-order chi connectivity index (χ1) is 3.43. The van der Waals surface area contributed by atoms with Gasteiger partial charge in [-0.2, -0.15) is 11.3 Å². The van der Waals surface area contributed by atoms with Crippen LogP contribution in [0, 0.1) is 0 Å². The first-order valence-electron chi connectivity index (χ1n) is 1.94. The highest BCUT2D eigenvalue weighted by atomic mass is 32.1. The maximum atomic E-state index is 8.31. The van der Waals surface area contributed by atoms with Crippen LogP contribution >= 0.6 is 11.3 Å². The molecular weight excluding hydrogens is 107 g/mol. The number of rotatable bonds is 1. The lowest BCUT2D eigenvalue weighted by atomic mass is 10.0. The van der Waals surface area contributed by atoms with E-state index in [1.54, 1.807) is 0 Å². The fraction of sp³-hybridized carbons (Fsp3) is 0. The predicted molar refractivity (Wildman–Crippen MR) is 31.9 cm³/mol. The summed E-state index contributed by atoms with van der Waals surface area (Å²) in [5.74, 6) is 0. The average Bonchev–Trinajstić information content (AvgIpc) is 2.14. The van der Waals surface area contributed by atoms with Crippen LogP contribution in [0.5, 0.6) is 0 Å². The van der Waals surface area contributed by atoms with Gasteiger partial charge >= 0.3 is 7.48 Å². The molecule has 0 spiro atoms. The maximum absolute atomic E-state index is 8.31. The Hall–Kier alpha value is -0.275. The van der Waals surface area contributed by atoms with Gasteiger partial charge in [0.2, 0.25) is 0 Å². The van der Waals surface area contributed by atoms with Gasteiger partial charge in [0.15, 0.2) is 0 Å².